The Hall–Kier alpha value is -2.70. The van der Waals surface area contributed by atoms with Crippen LogP contribution in [-0.2, 0) is 19.1 Å². The molecule has 0 aromatic heterocycles. The minimum Gasteiger partial charge on any atom is -0.504 e. The SMILES string of the molecule is CCCCC(CC)COC(=O)C(=Cc1cc(O)c(O)c(OC)c1)C(=O)OCC(CC)CCCC. The van der Waals surface area contributed by atoms with Crippen LogP contribution in [0.25, 0.3) is 6.08 Å². The standard InChI is InChI=1S/C27H42O7/c1-6-10-12-19(8-3)17-33-26(30)22(27(31)34-18-20(9-4)13-11-7-2)14-21-15-23(28)25(29)24(16-21)32-5/h14-16,19-20,28-29H,6-13,17-18H2,1-5H3. The van der Waals surface area contributed by atoms with Crippen LogP contribution in [0, 0.1) is 11.8 Å². The molecule has 7 nitrogen and oxygen atoms in total. The van der Waals surface area contributed by atoms with E-state index in [1.807, 2.05) is 13.8 Å². The number of carbonyl (C=O) groups excluding carboxylic acids is 2. The second-order valence-electron chi connectivity index (χ2n) is 8.68. The second kappa shape index (κ2) is 16.0. The number of rotatable bonds is 16. The number of hydrogen-bond acceptors (Lipinski definition) is 7. The van der Waals surface area contributed by atoms with Crippen LogP contribution in [0.3, 0.4) is 0 Å². The number of phenolic OH excluding ortho intramolecular Hbond substituents is 2. The summed E-state index contributed by atoms with van der Waals surface area (Å²) in [4.78, 5) is 25.9. The summed E-state index contributed by atoms with van der Waals surface area (Å²) in [6.45, 7) is 8.76. The van der Waals surface area contributed by atoms with E-state index in [9.17, 15) is 19.8 Å². The number of esters is 2. The van der Waals surface area contributed by atoms with Gasteiger partial charge in [-0.25, -0.2) is 9.59 Å². The Kier molecular flexibility index (Phi) is 13.8. The largest absolute Gasteiger partial charge is 0.504 e. The van der Waals surface area contributed by atoms with Gasteiger partial charge in [-0.15, -0.1) is 0 Å². The summed E-state index contributed by atoms with van der Waals surface area (Å²) in [5, 5.41) is 19.9. The molecule has 0 aliphatic carbocycles. The van der Waals surface area contributed by atoms with Crippen molar-refractivity contribution in [2.75, 3.05) is 20.3 Å². The predicted octanol–water partition coefficient (Wildman–Crippen LogP) is 6.01. The smallest absolute Gasteiger partial charge is 0.345 e. The maximum Gasteiger partial charge on any atom is 0.345 e. The molecule has 1 aromatic carbocycles. The number of phenols is 2. The first-order valence-electron chi connectivity index (χ1n) is 12.5. The second-order valence-corrected chi connectivity index (χ2v) is 8.68. The molecule has 1 rings (SSSR count). The minimum atomic E-state index is -0.770. The van der Waals surface area contributed by atoms with Crippen molar-refractivity contribution < 1.29 is 34.0 Å². The number of hydrogen-bond donors (Lipinski definition) is 2. The van der Waals surface area contributed by atoms with E-state index in [0.717, 1.165) is 51.4 Å². The molecule has 0 saturated heterocycles. The van der Waals surface area contributed by atoms with Gasteiger partial charge in [0.15, 0.2) is 11.5 Å². The summed E-state index contributed by atoms with van der Waals surface area (Å²) in [7, 11) is 1.34. The fourth-order valence-electron chi connectivity index (χ4n) is 3.56. The zero-order valence-electron chi connectivity index (χ0n) is 21.4. The van der Waals surface area contributed by atoms with Gasteiger partial charge in [0.25, 0.3) is 0 Å². The number of carbonyl (C=O) groups is 2. The Balaban J connectivity index is 3.13. The van der Waals surface area contributed by atoms with Crippen molar-refractivity contribution >= 4 is 18.0 Å². The van der Waals surface area contributed by atoms with Gasteiger partial charge in [-0.2, -0.15) is 0 Å². The van der Waals surface area contributed by atoms with Crippen LogP contribution in [0.5, 0.6) is 17.2 Å². The highest BCUT2D eigenvalue weighted by Crippen LogP contribution is 2.37. The van der Waals surface area contributed by atoms with Gasteiger partial charge in [-0.05, 0) is 48.4 Å². The Bertz CT molecular complexity index is 766. The van der Waals surface area contributed by atoms with Gasteiger partial charge in [-0.1, -0.05) is 66.2 Å². The monoisotopic (exact) mass is 478 g/mol. The number of ether oxygens (including phenoxy) is 3. The van der Waals surface area contributed by atoms with E-state index in [1.165, 1.54) is 25.3 Å². The van der Waals surface area contributed by atoms with Crippen LogP contribution in [0.2, 0.25) is 0 Å². The van der Waals surface area contributed by atoms with E-state index >= 15 is 0 Å². The van der Waals surface area contributed by atoms with E-state index in [0.29, 0.717) is 5.56 Å². The molecule has 2 unspecified atom stereocenters. The summed E-state index contributed by atoms with van der Waals surface area (Å²) in [6.07, 6.45) is 9.14. The normalized spacial score (nSPS) is 12.5. The lowest BCUT2D eigenvalue weighted by atomic mass is 10.0. The Morgan fingerprint density at radius 3 is 1.79 bits per heavy atom. The first-order chi connectivity index (χ1) is 16.3. The number of benzene rings is 1. The molecule has 7 heteroatoms. The van der Waals surface area contributed by atoms with E-state index < -0.39 is 23.4 Å². The molecule has 1 aromatic rings. The highest BCUT2D eigenvalue weighted by Gasteiger charge is 2.24. The molecule has 192 valence electrons. The Labute approximate surface area is 204 Å². The van der Waals surface area contributed by atoms with Crippen molar-refractivity contribution in [1.82, 2.24) is 0 Å². The zero-order chi connectivity index (χ0) is 25.5. The molecule has 0 saturated carbocycles. The molecule has 0 bridgehead atoms. The summed E-state index contributed by atoms with van der Waals surface area (Å²) < 4.78 is 16.1. The third-order valence-electron chi connectivity index (χ3n) is 6.03. The Morgan fingerprint density at radius 2 is 1.38 bits per heavy atom. The number of aromatic hydroxyl groups is 2. The van der Waals surface area contributed by atoms with Crippen LogP contribution in [0.15, 0.2) is 17.7 Å². The topological polar surface area (TPSA) is 102 Å². The van der Waals surface area contributed by atoms with Crippen LogP contribution in [0.1, 0.15) is 84.6 Å². The van der Waals surface area contributed by atoms with Gasteiger partial charge in [0.2, 0.25) is 5.75 Å². The maximum absolute atomic E-state index is 12.9. The highest BCUT2D eigenvalue weighted by atomic mass is 16.6. The fraction of sp³-hybridized carbons (Fsp3) is 0.630. The third kappa shape index (κ3) is 9.65. The van der Waals surface area contributed by atoms with E-state index in [-0.39, 0.29) is 36.4 Å². The highest BCUT2D eigenvalue weighted by molar-refractivity contribution is 6.17. The lowest BCUT2D eigenvalue weighted by Gasteiger charge is -2.17. The summed E-state index contributed by atoms with van der Waals surface area (Å²) in [6, 6.07) is 2.66. The fourth-order valence-corrected chi connectivity index (χ4v) is 3.56. The molecule has 0 fully saturated rings. The summed E-state index contributed by atoms with van der Waals surface area (Å²) in [5.41, 5.74) is 0.0370. The predicted molar refractivity (Wildman–Crippen MR) is 133 cm³/mol. The molecule has 0 amide bonds. The van der Waals surface area contributed by atoms with Crippen LogP contribution in [0.4, 0.5) is 0 Å². The minimum absolute atomic E-state index is 0.0172. The molecule has 0 spiro atoms. The van der Waals surface area contributed by atoms with Crippen molar-refractivity contribution in [2.45, 2.75) is 79.1 Å². The third-order valence-corrected chi connectivity index (χ3v) is 6.03. The molecule has 2 N–H and O–H groups in total. The molecular formula is C27H42O7. The van der Waals surface area contributed by atoms with Crippen molar-refractivity contribution in [1.29, 1.82) is 0 Å². The molecule has 0 aliphatic heterocycles. The molecule has 34 heavy (non-hydrogen) atoms. The van der Waals surface area contributed by atoms with Gasteiger partial charge in [0.05, 0.1) is 20.3 Å². The molecule has 2 atom stereocenters. The van der Waals surface area contributed by atoms with Gasteiger partial charge in [-0.3, -0.25) is 0 Å². The summed E-state index contributed by atoms with van der Waals surface area (Å²) in [5.74, 6) is -1.93. The van der Waals surface area contributed by atoms with Crippen LogP contribution >= 0.6 is 0 Å². The molecule has 0 aliphatic rings. The van der Waals surface area contributed by atoms with Crippen molar-refractivity contribution in [2.24, 2.45) is 11.8 Å². The van der Waals surface area contributed by atoms with Gasteiger partial charge in [0.1, 0.15) is 5.57 Å². The van der Waals surface area contributed by atoms with Crippen molar-refractivity contribution in [3.8, 4) is 17.2 Å². The van der Waals surface area contributed by atoms with Crippen molar-refractivity contribution in [3.05, 3.63) is 23.3 Å². The molecule has 0 heterocycles. The van der Waals surface area contributed by atoms with E-state index in [1.54, 1.807) is 0 Å². The van der Waals surface area contributed by atoms with Gasteiger partial charge < -0.3 is 24.4 Å². The summed E-state index contributed by atoms with van der Waals surface area (Å²) >= 11 is 0. The number of methoxy groups -OCH3 is 1. The van der Waals surface area contributed by atoms with Gasteiger partial charge in [0, 0.05) is 0 Å². The first kappa shape index (κ1) is 29.3. The maximum atomic E-state index is 12.9. The van der Waals surface area contributed by atoms with Crippen molar-refractivity contribution in [3.63, 3.8) is 0 Å². The Morgan fingerprint density at radius 1 is 0.882 bits per heavy atom. The first-order valence-corrected chi connectivity index (χ1v) is 12.5. The molecular weight excluding hydrogens is 436 g/mol. The van der Waals surface area contributed by atoms with E-state index in [4.69, 9.17) is 14.2 Å². The van der Waals surface area contributed by atoms with E-state index in [2.05, 4.69) is 13.8 Å². The van der Waals surface area contributed by atoms with Gasteiger partial charge >= 0.3 is 11.9 Å². The van der Waals surface area contributed by atoms with Crippen LogP contribution in [-0.4, -0.2) is 42.5 Å². The molecule has 0 radical (unpaired) electrons. The van der Waals surface area contributed by atoms with Crippen LogP contribution < -0.4 is 4.74 Å². The lowest BCUT2D eigenvalue weighted by Crippen LogP contribution is -2.23. The number of unbranched alkanes of at least 4 members (excludes halogenated alkanes) is 2. The quantitative estimate of drug-likeness (QED) is 0.0986. The average molecular weight is 479 g/mol. The average Bonchev–Trinajstić information content (AvgIpc) is 2.84. The zero-order valence-corrected chi connectivity index (χ0v) is 21.4. The lowest BCUT2D eigenvalue weighted by molar-refractivity contribution is -0.148.